The number of nitrogens with zero attached hydrogens (tertiary/aromatic N) is 3. The maximum absolute atomic E-state index is 6.51. The molecule has 0 spiro atoms. The van der Waals surface area contributed by atoms with Gasteiger partial charge in [-0.3, -0.25) is 0 Å². The van der Waals surface area contributed by atoms with Gasteiger partial charge < -0.3 is 8.98 Å². The van der Waals surface area contributed by atoms with E-state index in [0.717, 1.165) is 77.7 Å². The lowest BCUT2D eigenvalue weighted by atomic mass is 10.00. The van der Waals surface area contributed by atoms with Crippen LogP contribution in [0.1, 0.15) is 0 Å². The first-order valence-corrected chi connectivity index (χ1v) is 16.8. The standard InChI is InChI=1S/C46H29N3O/c1-3-13-30(14-4-1)31-25-27-32(28-26-31)46-47-39(29-40(48-46)37-21-11-19-35-34-17-8-10-24-43(34)50-45(35)37)36-20-12-23-42-44(36)38-18-7-9-22-41(38)49(42)33-15-5-2-6-16-33/h1-29H. The highest BCUT2D eigenvalue weighted by atomic mass is 16.3. The molecule has 0 aliphatic rings. The molecule has 0 atom stereocenters. The number of hydrogen-bond acceptors (Lipinski definition) is 3. The molecule has 0 aliphatic heterocycles. The van der Waals surface area contributed by atoms with Gasteiger partial charge in [0.05, 0.1) is 22.4 Å². The van der Waals surface area contributed by atoms with E-state index in [4.69, 9.17) is 14.4 Å². The summed E-state index contributed by atoms with van der Waals surface area (Å²) in [5.41, 5.74) is 12.0. The lowest BCUT2D eigenvalue weighted by Crippen LogP contribution is -1.97. The number of para-hydroxylation sites is 4. The summed E-state index contributed by atoms with van der Waals surface area (Å²) in [5, 5.41) is 4.49. The Balaban J connectivity index is 1.23. The molecule has 7 aromatic carbocycles. The highest BCUT2D eigenvalue weighted by Gasteiger charge is 2.20. The maximum Gasteiger partial charge on any atom is 0.160 e. The van der Waals surface area contributed by atoms with E-state index in [1.54, 1.807) is 0 Å². The van der Waals surface area contributed by atoms with Gasteiger partial charge in [-0.2, -0.15) is 0 Å². The van der Waals surface area contributed by atoms with E-state index < -0.39 is 0 Å². The minimum absolute atomic E-state index is 0.661. The average molecular weight is 640 g/mol. The Kier molecular flexibility index (Phi) is 6.46. The number of benzene rings is 7. The van der Waals surface area contributed by atoms with E-state index in [0.29, 0.717) is 5.82 Å². The second-order valence-electron chi connectivity index (χ2n) is 12.6. The first-order valence-electron chi connectivity index (χ1n) is 16.8. The summed E-state index contributed by atoms with van der Waals surface area (Å²) >= 11 is 0. The second kappa shape index (κ2) is 11.4. The topological polar surface area (TPSA) is 43.9 Å². The van der Waals surface area contributed by atoms with E-state index in [-0.39, 0.29) is 0 Å². The van der Waals surface area contributed by atoms with Crippen LogP contribution >= 0.6 is 0 Å². The van der Waals surface area contributed by atoms with Gasteiger partial charge >= 0.3 is 0 Å². The number of fused-ring (bicyclic) bond motifs is 6. The zero-order valence-electron chi connectivity index (χ0n) is 27.0. The SMILES string of the molecule is c1ccc(-c2ccc(-c3nc(-c4cccc5c4oc4ccccc45)cc(-c4cccc5c4c4ccccc4n5-c4ccccc4)n3)cc2)cc1. The van der Waals surface area contributed by atoms with E-state index in [1.165, 1.54) is 10.9 Å². The maximum atomic E-state index is 6.51. The Hall–Kier alpha value is -6.78. The highest BCUT2D eigenvalue weighted by molar-refractivity contribution is 6.16. The molecule has 50 heavy (non-hydrogen) atoms. The van der Waals surface area contributed by atoms with Crippen molar-refractivity contribution in [3.63, 3.8) is 0 Å². The smallest absolute Gasteiger partial charge is 0.160 e. The third-order valence-corrected chi connectivity index (χ3v) is 9.64. The van der Waals surface area contributed by atoms with Crippen LogP contribution in [-0.2, 0) is 0 Å². The van der Waals surface area contributed by atoms with Crippen molar-refractivity contribution in [2.45, 2.75) is 0 Å². The van der Waals surface area contributed by atoms with Gasteiger partial charge in [-0.1, -0.05) is 133 Å². The number of aromatic nitrogens is 3. The highest BCUT2D eigenvalue weighted by Crippen LogP contribution is 2.41. The van der Waals surface area contributed by atoms with E-state index in [1.807, 2.05) is 18.2 Å². The molecule has 0 saturated heterocycles. The summed E-state index contributed by atoms with van der Waals surface area (Å²) in [5.74, 6) is 0.661. The molecule has 0 N–H and O–H groups in total. The number of hydrogen-bond donors (Lipinski definition) is 0. The van der Waals surface area contributed by atoms with Gasteiger partial charge in [-0.05, 0) is 53.6 Å². The third kappa shape index (κ3) is 4.54. The van der Waals surface area contributed by atoms with Crippen molar-refractivity contribution in [1.29, 1.82) is 0 Å². The predicted molar refractivity (Wildman–Crippen MR) is 205 cm³/mol. The average Bonchev–Trinajstić information content (AvgIpc) is 3.75. The molecule has 3 heterocycles. The van der Waals surface area contributed by atoms with Crippen LogP contribution in [-0.4, -0.2) is 14.5 Å². The monoisotopic (exact) mass is 639 g/mol. The summed E-state index contributed by atoms with van der Waals surface area (Å²) in [6.07, 6.45) is 0. The predicted octanol–water partition coefficient (Wildman–Crippen LogP) is 12.1. The van der Waals surface area contributed by atoms with Gasteiger partial charge in [-0.15, -0.1) is 0 Å². The Labute approximate surface area is 288 Å². The van der Waals surface area contributed by atoms with Crippen molar-refractivity contribution in [3.05, 3.63) is 176 Å². The second-order valence-corrected chi connectivity index (χ2v) is 12.6. The van der Waals surface area contributed by atoms with Crippen LogP contribution in [0.4, 0.5) is 0 Å². The largest absolute Gasteiger partial charge is 0.455 e. The van der Waals surface area contributed by atoms with Gasteiger partial charge in [0.15, 0.2) is 5.82 Å². The van der Waals surface area contributed by atoms with Crippen LogP contribution in [0.25, 0.3) is 94.5 Å². The Bertz CT molecular complexity index is 2850. The van der Waals surface area contributed by atoms with Crippen molar-refractivity contribution in [2.75, 3.05) is 0 Å². The van der Waals surface area contributed by atoms with Crippen LogP contribution in [0.5, 0.6) is 0 Å². The minimum atomic E-state index is 0.661. The molecule has 0 unspecified atom stereocenters. The van der Waals surface area contributed by atoms with E-state index in [2.05, 4.69) is 162 Å². The normalized spacial score (nSPS) is 11.6. The quantitative estimate of drug-likeness (QED) is 0.188. The fourth-order valence-corrected chi connectivity index (χ4v) is 7.33. The first-order chi connectivity index (χ1) is 24.8. The van der Waals surface area contributed by atoms with Crippen molar-refractivity contribution in [2.24, 2.45) is 0 Å². The van der Waals surface area contributed by atoms with Crippen LogP contribution in [0.2, 0.25) is 0 Å². The summed E-state index contributed by atoms with van der Waals surface area (Å²) in [6, 6.07) is 61.3. The molecule has 0 fully saturated rings. The molecule has 0 amide bonds. The number of rotatable bonds is 5. The summed E-state index contributed by atoms with van der Waals surface area (Å²) < 4.78 is 8.85. The van der Waals surface area contributed by atoms with Crippen LogP contribution in [0.3, 0.4) is 0 Å². The summed E-state index contributed by atoms with van der Waals surface area (Å²) in [7, 11) is 0. The zero-order valence-corrected chi connectivity index (χ0v) is 27.0. The molecule has 4 heteroatoms. The van der Waals surface area contributed by atoms with Crippen LogP contribution in [0.15, 0.2) is 180 Å². The van der Waals surface area contributed by atoms with Crippen molar-refractivity contribution in [1.82, 2.24) is 14.5 Å². The molecule has 3 aromatic heterocycles. The Morgan fingerprint density at radius 3 is 1.82 bits per heavy atom. The van der Waals surface area contributed by atoms with Crippen molar-refractivity contribution < 1.29 is 4.42 Å². The van der Waals surface area contributed by atoms with Gasteiger partial charge in [-0.25, -0.2) is 9.97 Å². The molecule has 0 aliphatic carbocycles. The van der Waals surface area contributed by atoms with Crippen molar-refractivity contribution >= 4 is 43.7 Å². The van der Waals surface area contributed by atoms with Gasteiger partial charge in [0.1, 0.15) is 11.2 Å². The van der Waals surface area contributed by atoms with Gasteiger partial charge in [0.2, 0.25) is 0 Å². The van der Waals surface area contributed by atoms with Gasteiger partial charge in [0.25, 0.3) is 0 Å². The van der Waals surface area contributed by atoms with E-state index in [9.17, 15) is 0 Å². The van der Waals surface area contributed by atoms with Gasteiger partial charge in [0, 0.05) is 43.9 Å². The van der Waals surface area contributed by atoms with Crippen LogP contribution < -0.4 is 0 Å². The first kappa shape index (κ1) is 28.3. The molecule has 10 rings (SSSR count). The molecule has 4 nitrogen and oxygen atoms in total. The lowest BCUT2D eigenvalue weighted by Gasteiger charge is -2.12. The molecule has 0 saturated carbocycles. The molecule has 234 valence electrons. The third-order valence-electron chi connectivity index (χ3n) is 9.64. The fourth-order valence-electron chi connectivity index (χ4n) is 7.33. The van der Waals surface area contributed by atoms with E-state index >= 15 is 0 Å². The molecule has 10 aromatic rings. The summed E-state index contributed by atoms with van der Waals surface area (Å²) in [6.45, 7) is 0. The number of furan rings is 1. The molecule has 0 radical (unpaired) electrons. The summed E-state index contributed by atoms with van der Waals surface area (Å²) in [4.78, 5) is 10.6. The minimum Gasteiger partial charge on any atom is -0.455 e. The fraction of sp³-hybridized carbons (Fsp3) is 0. The Morgan fingerprint density at radius 2 is 1.00 bits per heavy atom. The Morgan fingerprint density at radius 1 is 0.420 bits per heavy atom. The van der Waals surface area contributed by atoms with Crippen LogP contribution in [0, 0.1) is 0 Å². The lowest BCUT2D eigenvalue weighted by molar-refractivity contribution is 0.670. The molecular formula is C46H29N3O. The molecular weight excluding hydrogens is 611 g/mol. The zero-order chi connectivity index (χ0) is 33.0. The van der Waals surface area contributed by atoms with Crippen molar-refractivity contribution in [3.8, 4) is 50.7 Å². The molecule has 0 bridgehead atoms.